The monoisotopic (exact) mass is 567 g/mol. The molecule has 0 rings (SSSR count). The van der Waals surface area contributed by atoms with E-state index in [1.165, 1.54) is 57.8 Å². The van der Waals surface area contributed by atoms with Crippen molar-refractivity contribution in [2.24, 2.45) is 17.8 Å². The molecule has 0 saturated carbocycles. The van der Waals surface area contributed by atoms with Crippen molar-refractivity contribution in [3.05, 3.63) is 0 Å². The molecule has 0 N–H and O–H groups in total. The normalized spacial score (nSPS) is 15.3. The summed E-state index contributed by atoms with van der Waals surface area (Å²) in [6, 6.07) is 0. The Hall–Kier alpha value is -0.0551. The lowest BCUT2D eigenvalue weighted by Crippen LogP contribution is -2.56. The predicted molar refractivity (Wildman–Crippen MR) is 179 cm³/mol. The molecule has 3 unspecified atom stereocenters. The van der Waals surface area contributed by atoms with E-state index in [-0.39, 0.29) is 16.8 Å². The fourth-order valence-corrected chi connectivity index (χ4v) is 7.79. The van der Waals surface area contributed by atoms with Gasteiger partial charge in [0.2, 0.25) is 0 Å². The second kappa shape index (κ2) is 21.6. The minimum Gasteiger partial charge on any atom is -0.380 e. The van der Waals surface area contributed by atoms with Crippen LogP contribution in [0.5, 0.6) is 0 Å². The Kier molecular flexibility index (Phi) is 21.6. The largest absolute Gasteiger partial charge is 0.640 e. The molecule has 0 bridgehead atoms. The Morgan fingerprint density at radius 3 is 0.775 bits per heavy atom. The van der Waals surface area contributed by atoms with Gasteiger partial charge in [0.1, 0.15) is 0 Å². The van der Waals surface area contributed by atoms with Crippen molar-refractivity contribution in [1.82, 2.24) is 0 Å². The molecule has 240 valence electrons. The van der Waals surface area contributed by atoms with Crippen molar-refractivity contribution < 1.29 is 14.0 Å². The summed E-state index contributed by atoms with van der Waals surface area (Å²) in [5, 5.41) is 0. The highest BCUT2D eigenvalue weighted by molar-refractivity contribution is 6.37. The van der Waals surface area contributed by atoms with Gasteiger partial charge < -0.3 is 14.0 Å². The Morgan fingerprint density at radius 2 is 0.625 bits per heavy atom. The zero-order valence-corrected chi connectivity index (χ0v) is 29.8. The van der Waals surface area contributed by atoms with Crippen LogP contribution in [0.25, 0.3) is 0 Å². The average Bonchev–Trinajstić information content (AvgIpc) is 2.99. The van der Waals surface area contributed by atoms with Crippen molar-refractivity contribution in [3.63, 3.8) is 0 Å². The van der Waals surface area contributed by atoms with Gasteiger partial charge in [-0.05, 0) is 75.5 Å². The lowest BCUT2D eigenvalue weighted by atomic mass is 9.74. The lowest BCUT2D eigenvalue weighted by Gasteiger charge is -2.48. The van der Waals surface area contributed by atoms with Crippen LogP contribution >= 0.6 is 0 Å². The predicted octanol–water partition coefficient (Wildman–Crippen LogP) is 12.3. The average molecular weight is 567 g/mol. The molecule has 0 aromatic heterocycles. The maximum Gasteiger partial charge on any atom is 0.640 e. The van der Waals surface area contributed by atoms with Crippen LogP contribution < -0.4 is 0 Å². The van der Waals surface area contributed by atoms with Gasteiger partial charge in [-0.15, -0.1) is 0 Å². The van der Waals surface area contributed by atoms with Gasteiger partial charge in [0.25, 0.3) is 0 Å². The fraction of sp³-hybridized carbons (Fsp3) is 1.00. The number of hydrogen-bond donors (Lipinski definition) is 0. The summed E-state index contributed by atoms with van der Waals surface area (Å²) in [6.07, 6.45) is 20.4. The van der Waals surface area contributed by atoms with Crippen LogP contribution in [0.4, 0.5) is 0 Å². The maximum atomic E-state index is 7.36. The van der Waals surface area contributed by atoms with E-state index in [2.05, 4.69) is 83.1 Å². The summed E-state index contributed by atoms with van der Waals surface area (Å²) < 4.78 is 22.1. The molecule has 0 heterocycles. The van der Waals surface area contributed by atoms with E-state index < -0.39 is 7.32 Å². The molecule has 40 heavy (non-hydrogen) atoms. The summed E-state index contributed by atoms with van der Waals surface area (Å²) in [6.45, 7) is 27.9. The van der Waals surface area contributed by atoms with Crippen molar-refractivity contribution in [1.29, 1.82) is 0 Å². The molecule has 0 aromatic carbocycles. The molecular formula is C36H75BO3. The van der Waals surface area contributed by atoms with Crippen LogP contribution in [0.15, 0.2) is 0 Å². The van der Waals surface area contributed by atoms with Crippen molar-refractivity contribution in [2.45, 2.75) is 215 Å². The third kappa shape index (κ3) is 10.9. The number of unbranched alkanes of at least 4 members (excludes halogenated alkanes) is 3. The highest BCUT2D eigenvalue weighted by atomic mass is 16.8. The van der Waals surface area contributed by atoms with Crippen molar-refractivity contribution in [3.8, 4) is 0 Å². The van der Waals surface area contributed by atoms with E-state index >= 15 is 0 Å². The van der Waals surface area contributed by atoms with Crippen LogP contribution in [0.1, 0.15) is 199 Å². The molecule has 0 fully saturated rings. The van der Waals surface area contributed by atoms with Crippen LogP contribution in [0.2, 0.25) is 0 Å². The van der Waals surface area contributed by atoms with Crippen LogP contribution in [0.3, 0.4) is 0 Å². The minimum atomic E-state index is -0.637. The number of hydrogen-bond acceptors (Lipinski definition) is 3. The second-order valence-electron chi connectivity index (χ2n) is 12.7. The molecule has 0 radical (unpaired) electrons. The van der Waals surface area contributed by atoms with E-state index in [0.717, 1.165) is 57.8 Å². The van der Waals surface area contributed by atoms with Gasteiger partial charge in [-0.2, -0.15) is 0 Å². The van der Waals surface area contributed by atoms with E-state index in [1.54, 1.807) is 0 Å². The fourth-order valence-electron chi connectivity index (χ4n) is 7.79. The number of rotatable bonds is 27. The lowest BCUT2D eigenvalue weighted by molar-refractivity contribution is -0.140. The van der Waals surface area contributed by atoms with Gasteiger partial charge in [-0.3, -0.25) is 0 Å². The summed E-state index contributed by atoms with van der Waals surface area (Å²) in [4.78, 5) is 0. The first-order chi connectivity index (χ1) is 19.2. The standard InChI is InChI=1S/C36H75BO3/c1-13-25-28-31(16-4)34(19-7,20-8)38-37(39-35(21-9,22-10)32(17-5)29-26-14-2)40-36(23-11,24-12)33(18-6)30-27-15-3/h31-33H,13-30H2,1-12H3. The van der Waals surface area contributed by atoms with Gasteiger partial charge in [-0.25, -0.2) is 0 Å². The van der Waals surface area contributed by atoms with Crippen molar-refractivity contribution in [2.75, 3.05) is 0 Å². The molecule has 0 aromatic rings. The van der Waals surface area contributed by atoms with Crippen LogP contribution in [0, 0.1) is 17.8 Å². The minimum absolute atomic E-state index is 0.231. The third-order valence-electron chi connectivity index (χ3n) is 11.0. The van der Waals surface area contributed by atoms with E-state index in [9.17, 15) is 0 Å². The summed E-state index contributed by atoms with van der Waals surface area (Å²) >= 11 is 0. The Labute approximate surface area is 254 Å². The molecule has 4 heteroatoms. The van der Waals surface area contributed by atoms with Crippen LogP contribution in [-0.4, -0.2) is 24.1 Å². The topological polar surface area (TPSA) is 27.7 Å². The first kappa shape index (κ1) is 39.9. The molecule has 0 aliphatic heterocycles. The molecule has 0 spiro atoms. The highest BCUT2D eigenvalue weighted by Crippen LogP contribution is 2.43. The summed E-state index contributed by atoms with van der Waals surface area (Å²) in [5.41, 5.74) is -0.693. The first-order valence-corrected chi connectivity index (χ1v) is 18.2. The van der Waals surface area contributed by atoms with Gasteiger partial charge >= 0.3 is 7.32 Å². The summed E-state index contributed by atoms with van der Waals surface area (Å²) in [5.74, 6) is 1.53. The SMILES string of the molecule is CCCCC(CC)C(CC)(CC)OB(OC(CC)(CC)C(CC)CCCC)OC(CC)(CC)C(CC)CCCC. The molecule has 0 saturated heterocycles. The zero-order valence-electron chi connectivity index (χ0n) is 29.8. The van der Waals surface area contributed by atoms with Crippen LogP contribution in [-0.2, 0) is 14.0 Å². The molecule has 0 aliphatic carbocycles. The van der Waals surface area contributed by atoms with E-state index in [1.807, 2.05) is 0 Å². The third-order valence-corrected chi connectivity index (χ3v) is 11.0. The molecule has 0 aliphatic rings. The van der Waals surface area contributed by atoms with E-state index in [4.69, 9.17) is 14.0 Å². The first-order valence-electron chi connectivity index (χ1n) is 18.2. The molecular weight excluding hydrogens is 491 g/mol. The molecule has 0 amide bonds. The van der Waals surface area contributed by atoms with Gasteiger partial charge in [-0.1, -0.05) is 141 Å². The Morgan fingerprint density at radius 1 is 0.400 bits per heavy atom. The Balaban J connectivity index is 6.85. The second-order valence-corrected chi connectivity index (χ2v) is 12.7. The van der Waals surface area contributed by atoms with Gasteiger partial charge in [0.05, 0.1) is 16.8 Å². The smallest absolute Gasteiger partial charge is 0.380 e. The van der Waals surface area contributed by atoms with Gasteiger partial charge in [0, 0.05) is 0 Å². The quantitative estimate of drug-likeness (QED) is 0.0926. The Bertz CT molecular complexity index is 502. The molecule has 3 atom stereocenters. The van der Waals surface area contributed by atoms with Crippen molar-refractivity contribution >= 4 is 7.32 Å². The zero-order chi connectivity index (χ0) is 30.7. The summed E-state index contributed by atoms with van der Waals surface area (Å²) in [7, 11) is -0.637. The van der Waals surface area contributed by atoms with E-state index in [0.29, 0.717) is 17.8 Å². The molecule has 3 nitrogen and oxygen atoms in total. The highest BCUT2D eigenvalue weighted by Gasteiger charge is 2.50. The maximum absolute atomic E-state index is 7.36. The van der Waals surface area contributed by atoms with Gasteiger partial charge in [0.15, 0.2) is 0 Å².